The van der Waals surface area contributed by atoms with Gasteiger partial charge in [-0.05, 0) is 18.8 Å². The Bertz CT molecular complexity index is 67.3. The van der Waals surface area contributed by atoms with E-state index in [0.29, 0.717) is 5.92 Å². The maximum absolute atomic E-state index is 5.54. The SMILES string of the molecule is NNC(N)C1CCC1. The van der Waals surface area contributed by atoms with Gasteiger partial charge in [-0.1, -0.05) is 6.42 Å². The molecule has 0 radical (unpaired) electrons. The minimum atomic E-state index is 0.0312. The molecule has 0 saturated heterocycles. The van der Waals surface area contributed by atoms with Crippen LogP contribution in [0, 0.1) is 5.92 Å². The second kappa shape index (κ2) is 2.44. The largest absolute Gasteiger partial charge is 0.315 e. The fraction of sp³-hybridized carbons (Fsp3) is 1.00. The summed E-state index contributed by atoms with van der Waals surface area (Å²) in [7, 11) is 0. The summed E-state index contributed by atoms with van der Waals surface area (Å²) >= 11 is 0. The fourth-order valence-corrected chi connectivity index (χ4v) is 0.935. The van der Waals surface area contributed by atoms with Crippen LogP contribution < -0.4 is 17.0 Å². The second-order valence-corrected chi connectivity index (χ2v) is 2.38. The molecule has 0 bridgehead atoms. The average Bonchev–Trinajstić information content (AvgIpc) is 1.62. The Kier molecular flexibility index (Phi) is 1.83. The number of hydrogen-bond acceptors (Lipinski definition) is 3. The van der Waals surface area contributed by atoms with Crippen molar-refractivity contribution in [3.63, 3.8) is 0 Å². The predicted molar refractivity (Wildman–Crippen MR) is 32.6 cm³/mol. The molecule has 1 aliphatic carbocycles. The highest BCUT2D eigenvalue weighted by atomic mass is 15.3. The Morgan fingerprint density at radius 2 is 2.12 bits per heavy atom. The van der Waals surface area contributed by atoms with Crippen LogP contribution in [0.15, 0.2) is 0 Å². The van der Waals surface area contributed by atoms with E-state index in [1.165, 1.54) is 19.3 Å². The summed E-state index contributed by atoms with van der Waals surface area (Å²) in [4.78, 5) is 0. The van der Waals surface area contributed by atoms with Crippen LogP contribution in [0.1, 0.15) is 19.3 Å². The summed E-state index contributed by atoms with van der Waals surface area (Å²) in [5.74, 6) is 5.75. The average molecular weight is 115 g/mol. The maximum Gasteiger partial charge on any atom is 0.0705 e. The minimum Gasteiger partial charge on any atom is -0.315 e. The van der Waals surface area contributed by atoms with E-state index in [1.807, 2.05) is 0 Å². The van der Waals surface area contributed by atoms with Crippen LogP contribution >= 0.6 is 0 Å². The molecule has 1 fully saturated rings. The van der Waals surface area contributed by atoms with Crippen LogP contribution in [0.5, 0.6) is 0 Å². The van der Waals surface area contributed by atoms with Crippen molar-refractivity contribution in [2.24, 2.45) is 17.5 Å². The fourth-order valence-electron chi connectivity index (χ4n) is 0.935. The first-order chi connectivity index (χ1) is 3.84. The Hall–Kier alpha value is -0.120. The molecule has 0 aromatic rings. The van der Waals surface area contributed by atoms with Crippen LogP contribution in [-0.2, 0) is 0 Å². The summed E-state index contributed by atoms with van der Waals surface area (Å²) < 4.78 is 0. The normalized spacial score (nSPS) is 24.8. The Balaban J connectivity index is 2.13. The monoisotopic (exact) mass is 115 g/mol. The lowest BCUT2D eigenvalue weighted by Gasteiger charge is -2.30. The van der Waals surface area contributed by atoms with Crippen LogP contribution in [0.3, 0.4) is 0 Å². The molecule has 0 spiro atoms. The maximum atomic E-state index is 5.54. The molecule has 1 atom stereocenters. The summed E-state index contributed by atoms with van der Waals surface area (Å²) in [6.45, 7) is 0. The number of nitrogens with two attached hydrogens (primary N) is 2. The molecule has 0 heterocycles. The van der Waals surface area contributed by atoms with Crippen molar-refractivity contribution in [3.05, 3.63) is 0 Å². The molecule has 0 aliphatic heterocycles. The van der Waals surface area contributed by atoms with Gasteiger partial charge in [-0.15, -0.1) is 0 Å². The molecule has 5 N–H and O–H groups in total. The first-order valence-electron chi connectivity index (χ1n) is 3.06. The summed E-state index contributed by atoms with van der Waals surface area (Å²) in [6.07, 6.45) is 3.83. The molecule has 0 aromatic carbocycles. The van der Waals surface area contributed by atoms with Gasteiger partial charge in [-0.3, -0.25) is 5.84 Å². The van der Waals surface area contributed by atoms with Gasteiger partial charge in [0.1, 0.15) is 0 Å². The van der Waals surface area contributed by atoms with E-state index in [1.54, 1.807) is 0 Å². The minimum absolute atomic E-state index is 0.0312. The Morgan fingerprint density at radius 3 is 2.25 bits per heavy atom. The van der Waals surface area contributed by atoms with E-state index in [9.17, 15) is 0 Å². The van der Waals surface area contributed by atoms with Crippen LogP contribution in [0.4, 0.5) is 0 Å². The van der Waals surface area contributed by atoms with Crippen molar-refractivity contribution in [1.82, 2.24) is 5.43 Å². The van der Waals surface area contributed by atoms with Gasteiger partial charge in [0, 0.05) is 0 Å². The standard InChI is InChI=1S/C5H13N3/c6-5(8-7)4-2-1-3-4/h4-5,8H,1-3,6-7H2. The van der Waals surface area contributed by atoms with Gasteiger partial charge < -0.3 is 5.73 Å². The molecule has 3 heteroatoms. The van der Waals surface area contributed by atoms with Crippen LogP contribution in [-0.4, -0.2) is 6.17 Å². The van der Waals surface area contributed by atoms with E-state index in [2.05, 4.69) is 5.43 Å². The zero-order valence-corrected chi connectivity index (χ0v) is 4.93. The van der Waals surface area contributed by atoms with Crippen molar-refractivity contribution in [3.8, 4) is 0 Å². The lowest BCUT2D eigenvalue weighted by atomic mass is 9.83. The topological polar surface area (TPSA) is 64.1 Å². The van der Waals surface area contributed by atoms with Gasteiger partial charge in [0.2, 0.25) is 0 Å². The zero-order chi connectivity index (χ0) is 5.98. The molecular weight excluding hydrogens is 102 g/mol. The third-order valence-electron chi connectivity index (χ3n) is 1.85. The molecule has 0 aromatic heterocycles. The molecule has 48 valence electrons. The Labute approximate surface area is 49.4 Å². The lowest BCUT2D eigenvalue weighted by Crippen LogP contribution is -2.49. The van der Waals surface area contributed by atoms with Crippen molar-refractivity contribution < 1.29 is 0 Å². The number of hydrogen-bond donors (Lipinski definition) is 3. The number of rotatable bonds is 2. The van der Waals surface area contributed by atoms with Crippen LogP contribution in [0.2, 0.25) is 0 Å². The molecule has 1 aliphatic rings. The number of hydrazine groups is 1. The first-order valence-corrected chi connectivity index (χ1v) is 3.06. The highest BCUT2D eigenvalue weighted by Crippen LogP contribution is 2.27. The van der Waals surface area contributed by atoms with E-state index < -0.39 is 0 Å². The predicted octanol–water partition coefficient (Wildman–Crippen LogP) is -0.465. The quantitative estimate of drug-likeness (QED) is 0.259. The van der Waals surface area contributed by atoms with Gasteiger partial charge in [0.25, 0.3) is 0 Å². The van der Waals surface area contributed by atoms with Gasteiger partial charge in [0.05, 0.1) is 6.17 Å². The van der Waals surface area contributed by atoms with Crippen molar-refractivity contribution in [2.45, 2.75) is 25.4 Å². The molecule has 3 nitrogen and oxygen atoms in total. The lowest BCUT2D eigenvalue weighted by molar-refractivity contribution is 0.234. The van der Waals surface area contributed by atoms with E-state index in [-0.39, 0.29) is 6.17 Å². The third-order valence-corrected chi connectivity index (χ3v) is 1.85. The summed E-state index contributed by atoms with van der Waals surface area (Å²) in [6, 6.07) is 0. The van der Waals surface area contributed by atoms with Gasteiger partial charge >= 0.3 is 0 Å². The Morgan fingerprint density at radius 1 is 1.50 bits per heavy atom. The highest BCUT2D eigenvalue weighted by molar-refractivity contribution is 4.76. The molecule has 8 heavy (non-hydrogen) atoms. The van der Waals surface area contributed by atoms with Gasteiger partial charge in [0.15, 0.2) is 0 Å². The molecular formula is C5H13N3. The smallest absolute Gasteiger partial charge is 0.0705 e. The molecule has 1 rings (SSSR count). The zero-order valence-electron chi connectivity index (χ0n) is 4.93. The van der Waals surface area contributed by atoms with Crippen LogP contribution in [0.25, 0.3) is 0 Å². The van der Waals surface area contributed by atoms with Crippen molar-refractivity contribution in [2.75, 3.05) is 0 Å². The molecule has 1 saturated carbocycles. The first kappa shape index (κ1) is 6.01. The van der Waals surface area contributed by atoms with Gasteiger partial charge in [-0.2, -0.15) is 0 Å². The van der Waals surface area contributed by atoms with E-state index in [0.717, 1.165) is 0 Å². The van der Waals surface area contributed by atoms with Crippen molar-refractivity contribution >= 4 is 0 Å². The second-order valence-electron chi connectivity index (χ2n) is 2.38. The molecule has 1 unspecified atom stereocenters. The number of nitrogens with one attached hydrogen (secondary N) is 1. The summed E-state index contributed by atoms with van der Waals surface area (Å²) in [5, 5.41) is 0. The van der Waals surface area contributed by atoms with E-state index >= 15 is 0 Å². The third kappa shape index (κ3) is 0.992. The highest BCUT2D eigenvalue weighted by Gasteiger charge is 2.22. The van der Waals surface area contributed by atoms with Gasteiger partial charge in [-0.25, -0.2) is 5.43 Å². The van der Waals surface area contributed by atoms with E-state index in [4.69, 9.17) is 11.6 Å². The molecule has 0 amide bonds. The van der Waals surface area contributed by atoms with Crippen molar-refractivity contribution in [1.29, 1.82) is 0 Å². The summed E-state index contributed by atoms with van der Waals surface area (Å²) in [5.41, 5.74) is 8.09.